The maximum atomic E-state index is 12.7. The van der Waals surface area contributed by atoms with Gasteiger partial charge in [-0.2, -0.15) is 0 Å². The topological polar surface area (TPSA) is 48.3 Å². The minimum Gasteiger partial charge on any atom is -0.465 e. The molecule has 0 aliphatic carbocycles. The van der Waals surface area contributed by atoms with Gasteiger partial charge in [-0.05, 0) is 18.9 Å². The van der Waals surface area contributed by atoms with Gasteiger partial charge in [-0.1, -0.05) is 50.6 Å². The molecule has 0 spiro atoms. The lowest BCUT2D eigenvalue weighted by atomic mass is 9.89. The summed E-state index contributed by atoms with van der Waals surface area (Å²) in [5.74, 6) is -0.482. The van der Waals surface area contributed by atoms with E-state index in [1.54, 1.807) is 12.4 Å². The van der Waals surface area contributed by atoms with E-state index >= 15 is 0 Å². The van der Waals surface area contributed by atoms with Crippen LogP contribution in [-0.4, -0.2) is 23.6 Å². The Morgan fingerprint density at radius 1 is 1.13 bits per heavy atom. The zero-order valence-electron chi connectivity index (χ0n) is 14.3. The van der Waals surface area contributed by atoms with Crippen LogP contribution < -0.4 is 0 Å². The van der Waals surface area contributed by atoms with Crippen LogP contribution in [0, 0.1) is 12.3 Å². The van der Waals surface area contributed by atoms with Crippen molar-refractivity contribution in [1.82, 2.24) is 4.57 Å². The second-order valence-corrected chi connectivity index (χ2v) is 6.39. The predicted molar refractivity (Wildman–Crippen MR) is 90.6 cm³/mol. The molecule has 1 heterocycles. The van der Waals surface area contributed by atoms with E-state index in [1.807, 2.05) is 52.0 Å². The number of carbonyl (C=O) groups excluding carboxylic acids is 2. The highest BCUT2D eigenvalue weighted by molar-refractivity contribution is 5.99. The van der Waals surface area contributed by atoms with Crippen LogP contribution in [0.15, 0.2) is 36.7 Å². The van der Waals surface area contributed by atoms with E-state index in [2.05, 4.69) is 0 Å². The van der Waals surface area contributed by atoms with Gasteiger partial charge in [-0.15, -0.1) is 0 Å². The van der Waals surface area contributed by atoms with Crippen molar-refractivity contribution in [3.8, 4) is 11.1 Å². The van der Waals surface area contributed by atoms with Crippen molar-refractivity contribution in [2.24, 2.45) is 5.41 Å². The molecular formula is C19H23NO3. The average Bonchev–Trinajstić information content (AvgIpc) is 2.99. The van der Waals surface area contributed by atoms with Crippen LogP contribution in [0.2, 0.25) is 0 Å². The van der Waals surface area contributed by atoms with Gasteiger partial charge >= 0.3 is 5.97 Å². The standard InChI is InChI=1S/C19H23NO3/c1-6-19(3,4)18(22)20-11-15(16(12-20)17(21)23-5)14-9-7-13(2)8-10-14/h7-12H,6H2,1-5H3. The minimum atomic E-state index is -0.489. The lowest BCUT2D eigenvalue weighted by Crippen LogP contribution is -2.28. The first-order chi connectivity index (χ1) is 10.8. The average molecular weight is 313 g/mol. The Labute approximate surface area is 137 Å². The Morgan fingerprint density at radius 2 is 1.74 bits per heavy atom. The smallest absolute Gasteiger partial charge is 0.340 e. The third-order valence-corrected chi connectivity index (χ3v) is 4.29. The van der Waals surface area contributed by atoms with Crippen LogP contribution >= 0.6 is 0 Å². The van der Waals surface area contributed by atoms with Gasteiger partial charge in [0.15, 0.2) is 0 Å². The fourth-order valence-electron chi connectivity index (χ4n) is 2.31. The van der Waals surface area contributed by atoms with Gasteiger partial charge in [-0.25, -0.2) is 4.79 Å². The summed E-state index contributed by atoms with van der Waals surface area (Å²) in [5, 5.41) is 0. The molecule has 2 aromatic rings. The summed E-state index contributed by atoms with van der Waals surface area (Å²) in [6.07, 6.45) is 4.01. The first kappa shape index (κ1) is 17.0. The van der Waals surface area contributed by atoms with Crippen molar-refractivity contribution < 1.29 is 14.3 Å². The van der Waals surface area contributed by atoms with Gasteiger partial charge in [-0.3, -0.25) is 9.36 Å². The number of aromatic nitrogens is 1. The molecule has 1 aromatic carbocycles. The number of hydrogen-bond donors (Lipinski definition) is 0. The molecule has 0 N–H and O–H groups in total. The fourth-order valence-corrected chi connectivity index (χ4v) is 2.31. The Hall–Kier alpha value is -2.36. The van der Waals surface area contributed by atoms with Crippen molar-refractivity contribution >= 4 is 11.9 Å². The molecule has 0 bridgehead atoms. The molecule has 0 amide bonds. The predicted octanol–water partition coefficient (Wildman–Crippen LogP) is 4.33. The zero-order valence-corrected chi connectivity index (χ0v) is 14.3. The Kier molecular flexibility index (Phi) is 4.73. The van der Waals surface area contributed by atoms with Crippen LogP contribution in [0.3, 0.4) is 0 Å². The number of benzene rings is 1. The first-order valence-electron chi connectivity index (χ1n) is 7.72. The van der Waals surface area contributed by atoms with Crippen molar-refractivity contribution in [1.29, 1.82) is 0 Å². The van der Waals surface area contributed by atoms with Crippen LogP contribution in [0.4, 0.5) is 0 Å². The number of methoxy groups -OCH3 is 1. The normalized spacial score (nSPS) is 11.3. The van der Waals surface area contributed by atoms with E-state index in [9.17, 15) is 9.59 Å². The van der Waals surface area contributed by atoms with E-state index in [1.165, 1.54) is 11.7 Å². The molecule has 0 aliphatic heterocycles. The highest BCUT2D eigenvalue weighted by atomic mass is 16.5. The number of hydrogen-bond acceptors (Lipinski definition) is 3. The number of nitrogens with zero attached hydrogens (tertiary/aromatic N) is 1. The van der Waals surface area contributed by atoms with Gasteiger partial charge in [0.1, 0.15) is 0 Å². The largest absolute Gasteiger partial charge is 0.465 e. The van der Waals surface area contributed by atoms with Gasteiger partial charge in [0, 0.05) is 23.4 Å². The van der Waals surface area contributed by atoms with Crippen molar-refractivity contribution in [2.75, 3.05) is 7.11 Å². The number of carbonyl (C=O) groups is 2. The Morgan fingerprint density at radius 3 is 2.26 bits per heavy atom. The lowest BCUT2D eigenvalue weighted by molar-refractivity contribution is 0.0601. The van der Waals surface area contributed by atoms with Crippen molar-refractivity contribution in [3.05, 3.63) is 47.8 Å². The monoisotopic (exact) mass is 313 g/mol. The second-order valence-electron chi connectivity index (χ2n) is 6.39. The minimum absolute atomic E-state index is 0.0384. The third kappa shape index (κ3) is 3.36. The number of rotatable bonds is 4. The van der Waals surface area contributed by atoms with Crippen molar-refractivity contribution in [3.63, 3.8) is 0 Å². The maximum absolute atomic E-state index is 12.7. The summed E-state index contributed by atoms with van der Waals surface area (Å²) in [7, 11) is 1.34. The van der Waals surface area contributed by atoms with Crippen LogP contribution in [0.25, 0.3) is 11.1 Å². The van der Waals surface area contributed by atoms with E-state index in [0.29, 0.717) is 11.1 Å². The molecule has 4 nitrogen and oxygen atoms in total. The Balaban J connectivity index is 2.55. The summed E-state index contributed by atoms with van der Waals surface area (Å²) in [6, 6.07) is 7.84. The van der Waals surface area contributed by atoms with Gasteiger partial charge in [0.25, 0.3) is 0 Å². The van der Waals surface area contributed by atoms with Gasteiger partial charge in [0.2, 0.25) is 5.91 Å². The molecule has 0 fully saturated rings. The molecule has 122 valence electrons. The highest BCUT2D eigenvalue weighted by Gasteiger charge is 2.28. The highest BCUT2D eigenvalue weighted by Crippen LogP contribution is 2.29. The molecule has 1 aromatic heterocycles. The molecule has 0 atom stereocenters. The summed E-state index contributed by atoms with van der Waals surface area (Å²) in [5.41, 5.74) is 2.64. The van der Waals surface area contributed by atoms with Crippen LogP contribution in [0.1, 0.15) is 47.9 Å². The van der Waals surface area contributed by atoms with Crippen LogP contribution in [0.5, 0.6) is 0 Å². The van der Waals surface area contributed by atoms with E-state index in [0.717, 1.165) is 17.5 Å². The zero-order chi connectivity index (χ0) is 17.2. The summed E-state index contributed by atoms with van der Waals surface area (Å²) in [4.78, 5) is 24.8. The number of esters is 1. The molecule has 0 saturated heterocycles. The molecule has 2 rings (SSSR count). The SMILES string of the molecule is CCC(C)(C)C(=O)n1cc(C(=O)OC)c(-c2ccc(C)cc2)c1. The van der Waals surface area contributed by atoms with E-state index < -0.39 is 11.4 Å². The molecule has 0 unspecified atom stereocenters. The summed E-state index contributed by atoms with van der Waals surface area (Å²) >= 11 is 0. The molecule has 0 saturated carbocycles. The molecule has 0 radical (unpaired) electrons. The third-order valence-electron chi connectivity index (χ3n) is 4.29. The van der Waals surface area contributed by atoms with E-state index in [-0.39, 0.29) is 5.91 Å². The first-order valence-corrected chi connectivity index (χ1v) is 7.72. The lowest BCUT2D eigenvalue weighted by Gasteiger charge is -2.20. The summed E-state index contributed by atoms with van der Waals surface area (Å²) in [6.45, 7) is 7.78. The maximum Gasteiger partial charge on any atom is 0.340 e. The van der Waals surface area contributed by atoms with Crippen molar-refractivity contribution in [2.45, 2.75) is 34.1 Å². The molecular weight excluding hydrogens is 290 g/mol. The number of ether oxygens (including phenoxy) is 1. The molecule has 4 heteroatoms. The molecule has 0 aliphatic rings. The number of aryl methyl sites for hydroxylation is 1. The van der Waals surface area contributed by atoms with Gasteiger partial charge < -0.3 is 4.74 Å². The summed E-state index contributed by atoms with van der Waals surface area (Å²) < 4.78 is 6.37. The quantitative estimate of drug-likeness (QED) is 0.789. The van der Waals surface area contributed by atoms with Gasteiger partial charge in [0.05, 0.1) is 12.7 Å². The Bertz CT molecular complexity index is 724. The fraction of sp³-hybridized carbons (Fsp3) is 0.368. The van der Waals surface area contributed by atoms with Crippen LogP contribution in [-0.2, 0) is 4.74 Å². The van der Waals surface area contributed by atoms with E-state index in [4.69, 9.17) is 4.74 Å². The molecule has 23 heavy (non-hydrogen) atoms. The second kappa shape index (κ2) is 6.41.